The van der Waals surface area contributed by atoms with Crippen LogP contribution in [0.5, 0.6) is 0 Å². The van der Waals surface area contributed by atoms with Gasteiger partial charge >= 0.3 is 0 Å². The van der Waals surface area contributed by atoms with Crippen LogP contribution in [0.15, 0.2) is 76.3 Å². The Balaban J connectivity index is 1.35. The summed E-state index contributed by atoms with van der Waals surface area (Å²) >= 11 is 5.99. The van der Waals surface area contributed by atoms with Crippen molar-refractivity contribution in [2.24, 2.45) is 0 Å². The van der Waals surface area contributed by atoms with Gasteiger partial charge < -0.3 is 16.0 Å². The van der Waals surface area contributed by atoms with E-state index in [-0.39, 0.29) is 17.2 Å². The van der Waals surface area contributed by atoms with Gasteiger partial charge in [-0.05, 0) is 61.0 Å². The molecule has 204 valence electrons. The number of carbonyl (C=O) groups excluding carboxylic acids is 1. The van der Waals surface area contributed by atoms with Crippen LogP contribution in [-0.2, 0) is 10.0 Å². The fourth-order valence-corrected chi connectivity index (χ4v) is 4.92. The second kappa shape index (κ2) is 10.5. The maximum Gasteiger partial charge on any atom is 0.256 e. The number of sulfonamides is 1. The first-order chi connectivity index (χ1) is 19.0. The van der Waals surface area contributed by atoms with Crippen molar-refractivity contribution in [3.05, 3.63) is 103 Å². The summed E-state index contributed by atoms with van der Waals surface area (Å²) in [6.45, 7) is 1.78. The van der Waals surface area contributed by atoms with E-state index in [1.807, 2.05) is 0 Å². The Labute approximate surface area is 233 Å². The number of halogens is 1. The van der Waals surface area contributed by atoms with Gasteiger partial charge in [0.25, 0.3) is 16.8 Å². The highest BCUT2D eigenvalue weighted by Crippen LogP contribution is 2.30. The highest BCUT2D eigenvalue weighted by atomic mass is 35.5. The molecule has 0 aliphatic carbocycles. The first-order valence-electron chi connectivity index (χ1n) is 12.0. The van der Waals surface area contributed by atoms with E-state index in [9.17, 15) is 22.8 Å². The molecule has 0 fully saturated rings. The van der Waals surface area contributed by atoms with Crippen LogP contribution in [-0.4, -0.2) is 30.8 Å². The molecule has 5 N–H and O–H groups in total. The lowest BCUT2D eigenvalue weighted by Crippen LogP contribution is -2.37. The molecule has 0 aliphatic rings. The smallest absolute Gasteiger partial charge is 0.256 e. The van der Waals surface area contributed by atoms with Crippen LogP contribution >= 0.6 is 11.6 Å². The fraction of sp³-hybridized carbons (Fsp3) is 0.111. The standard InChI is InChI=1S/C27H23ClN6O5S/c1-14(15-5-4-8-19(12-15)34-40(2,38)39)29-22-23(25(36)24(22)35)30-18-9-10-21-20(13-18)26(33-32-21)31-27(37)16-6-3-7-17(28)11-16/h3-14,29-30,34H,1-2H3,(H2,31,32,33,37)/t14-/m1/s1. The van der Waals surface area contributed by atoms with Crippen LogP contribution in [0.1, 0.15) is 28.9 Å². The second-order valence-electron chi connectivity index (χ2n) is 9.20. The van der Waals surface area contributed by atoms with Crippen LogP contribution in [0.2, 0.25) is 5.02 Å². The van der Waals surface area contributed by atoms with Gasteiger partial charge in [0.15, 0.2) is 5.82 Å². The fourth-order valence-electron chi connectivity index (χ4n) is 4.17. The van der Waals surface area contributed by atoms with Gasteiger partial charge in [-0.1, -0.05) is 29.8 Å². The van der Waals surface area contributed by atoms with Gasteiger partial charge in [0.2, 0.25) is 10.0 Å². The molecule has 13 heteroatoms. The van der Waals surface area contributed by atoms with Crippen LogP contribution in [0.3, 0.4) is 0 Å². The Morgan fingerprint density at radius 3 is 2.45 bits per heavy atom. The normalized spacial score (nSPS) is 12.3. The number of nitrogens with one attached hydrogen (secondary N) is 5. The number of benzene rings is 3. The van der Waals surface area contributed by atoms with Gasteiger partial charge in [0, 0.05) is 33.4 Å². The largest absolute Gasteiger partial charge is 0.373 e. The molecule has 0 unspecified atom stereocenters. The number of anilines is 5. The minimum Gasteiger partial charge on any atom is -0.373 e. The van der Waals surface area contributed by atoms with Crippen LogP contribution < -0.4 is 31.5 Å². The zero-order chi connectivity index (χ0) is 28.6. The molecule has 0 aliphatic heterocycles. The maximum atomic E-state index is 12.7. The van der Waals surface area contributed by atoms with Gasteiger partial charge in [-0.15, -0.1) is 0 Å². The molecule has 0 saturated heterocycles. The number of aromatic nitrogens is 2. The molecule has 1 amide bonds. The maximum absolute atomic E-state index is 12.7. The number of amides is 1. The zero-order valence-corrected chi connectivity index (χ0v) is 22.8. The van der Waals surface area contributed by atoms with E-state index in [1.54, 1.807) is 73.7 Å². The average Bonchev–Trinajstić information content (AvgIpc) is 3.31. The number of fused-ring (bicyclic) bond motifs is 1. The molecular weight excluding hydrogens is 556 g/mol. The lowest BCUT2D eigenvalue weighted by molar-refractivity contribution is 0.102. The summed E-state index contributed by atoms with van der Waals surface area (Å²) < 4.78 is 25.6. The SMILES string of the molecule is C[C@@H](Nc1c(Nc2ccc3[nH]nc(NC(=O)c4cccc(Cl)c4)c3c2)c(=O)c1=O)c1cccc(NS(C)(=O)=O)c1. The summed E-state index contributed by atoms with van der Waals surface area (Å²) in [5.41, 5.74) is 1.44. The lowest BCUT2D eigenvalue weighted by Gasteiger charge is -2.20. The predicted octanol–water partition coefficient (Wildman–Crippen LogP) is 4.35. The Bertz CT molecular complexity index is 1950. The lowest BCUT2D eigenvalue weighted by atomic mass is 10.1. The molecule has 1 heterocycles. The van der Waals surface area contributed by atoms with Crippen molar-refractivity contribution in [1.82, 2.24) is 10.2 Å². The molecule has 0 spiro atoms. The van der Waals surface area contributed by atoms with Crippen LogP contribution in [0, 0.1) is 0 Å². The summed E-state index contributed by atoms with van der Waals surface area (Å²) in [7, 11) is -3.46. The number of carbonyl (C=O) groups is 1. The molecule has 0 bridgehead atoms. The molecule has 4 aromatic carbocycles. The minimum absolute atomic E-state index is 0.0922. The van der Waals surface area contributed by atoms with E-state index >= 15 is 0 Å². The first kappa shape index (κ1) is 26.9. The summed E-state index contributed by atoms with van der Waals surface area (Å²) in [6, 6.07) is 17.9. The van der Waals surface area contributed by atoms with Crippen molar-refractivity contribution in [2.45, 2.75) is 13.0 Å². The van der Waals surface area contributed by atoms with Crippen molar-refractivity contribution in [2.75, 3.05) is 26.9 Å². The van der Waals surface area contributed by atoms with E-state index in [1.165, 1.54) is 0 Å². The Morgan fingerprint density at radius 2 is 1.70 bits per heavy atom. The third-order valence-electron chi connectivity index (χ3n) is 6.11. The van der Waals surface area contributed by atoms with Crippen LogP contribution in [0.25, 0.3) is 10.9 Å². The van der Waals surface area contributed by atoms with E-state index in [4.69, 9.17) is 11.6 Å². The van der Waals surface area contributed by atoms with E-state index in [0.717, 1.165) is 6.26 Å². The molecule has 1 atom stereocenters. The Hall–Kier alpha value is -4.68. The Morgan fingerprint density at radius 1 is 0.950 bits per heavy atom. The predicted molar refractivity (Wildman–Crippen MR) is 157 cm³/mol. The monoisotopic (exact) mass is 578 g/mol. The number of rotatable bonds is 9. The van der Waals surface area contributed by atoms with Crippen molar-refractivity contribution >= 4 is 67.0 Å². The number of aromatic amines is 1. The minimum atomic E-state index is -3.46. The van der Waals surface area contributed by atoms with Crippen molar-refractivity contribution in [3.63, 3.8) is 0 Å². The van der Waals surface area contributed by atoms with Gasteiger partial charge in [-0.2, -0.15) is 5.10 Å². The highest BCUT2D eigenvalue weighted by Gasteiger charge is 2.23. The molecule has 0 radical (unpaired) electrons. The molecular formula is C27H23ClN6O5S. The third kappa shape index (κ3) is 5.67. The number of H-pyrrole nitrogens is 1. The molecule has 5 aromatic rings. The third-order valence-corrected chi connectivity index (χ3v) is 6.95. The summed E-state index contributed by atoms with van der Waals surface area (Å²) in [5, 5.41) is 16.8. The van der Waals surface area contributed by atoms with Gasteiger partial charge in [0.1, 0.15) is 11.4 Å². The van der Waals surface area contributed by atoms with Crippen LogP contribution in [0.4, 0.5) is 28.6 Å². The highest BCUT2D eigenvalue weighted by molar-refractivity contribution is 7.92. The molecule has 40 heavy (non-hydrogen) atoms. The quantitative estimate of drug-likeness (QED) is 0.161. The number of nitrogens with zero attached hydrogens (tertiary/aromatic N) is 1. The Kier molecular flexibility index (Phi) is 7.04. The van der Waals surface area contributed by atoms with E-state index in [0.29, 0.717) is 38.4 Å². The van der Waals surface area contributed by atoms with Gasteiger partial charge in [-0.3, -0.25) is 24.2 Å². The molecule has 11 nitrogen and oxygen atoms in total. The van der Waals surface area contributed by atoms with E-state index in [2.05, 4.69) is 30.9 Å². The van der Waals surface area contributed by atoms with Gasteiger partial charge in [0.05, 0.1) is 11.8 Å². The first-order valence-corrected chi connectivity index (χ1v) is 14.2. The summed E-state index contributed by atoms with van der Waals surface area (Å²) in [6.07, 6.45) is 1.06. The number of hydrogen-bond acceptors (Lipinski definition) is 8. The van der Waals surface area contributed by atoms with Crippen molar-refractivity contribution in [3.8, 4) is 0 Å². The average molecular weight is 579 g/mol. The van der Waals surface area contributed by atoms with E-state index < -0.39 is 32.8 Å². The topological polar surface area (TPSA) is 162 Å². The molecule has 1 aromatic heterocycles. The van der Waals surface area contributed by atoms with Crippen molar-refractivity contribution in [1.29, 1.82) is 0 Å². The summed E-state index contributed by atoms with van der Waals surface area (Å²) in [4.78, 5) is 37.5. The number of hydrogen-bond donors (Lipinski definition) is 5. The van der Waals surface area contributed by atoms with Gasteiger partial charge in [-0.25, -0.2) is 8.42 Å². The summed E-state index contributed by atoms with van der Waals surface area (Å²) in [5.74, 6) is -0.115. The molecule has 0 saturated carbocycles. The molecule has 5 rings (SSSR count). The van der Waals surface area contributed by atoms with Crippen molar-refractivity contribution < 1.29 is 13.2 Å². The zero-order valence-electron chi connectivity index (χ0n) is 21.2. The second-order valence-corrected chi connectivity index (χ2v) is 11.4.